The Morgan fingerprint density at radius 2 is 1.84 bits per heavy atom. The first-order valence-electron chi connectivity index (χ1n) is 6.36. The summed E-state index contributed by atoms with van der Waals surface area (Å²) >= 11 is 0. The van der Waals surface area contributed by atoms with Gasteiger partial charge in [-0.15, -0.1) is 0 Å². The Hall–Kier alpha value is -2.03. The molecular weight excluding hydrogens is 236 g/mol. The number of carbonyl (C=O) groups excluding carboxylic acids is 1. The van der Waals surface area contributed by atoms with Crippen molar-refractivity contribution in [1.29, 1.82) is 0 Å². The third-order valence-corrected chi connectivity index (χ3v) is 3.08. The minimum atomic E-state index is -0.0646. The lowest BCUT2D eigenvalue weighted by molar-refractivity contribution is -0.114. The van der Waals surface area contributed by atoms with Gasteiger partial charge in [-0.25, -0.2) is 0 Å². The molecule has 0 radical (unpaired) electrons. The highest BCUT2D eigenvalue weighted by atomic mass is 16.1. The van der Waals surface area contributed by atoms with E-state index in [1.54, 1.807) is 0 Å². The molecule has 1 atom stereocenters. The molecule has 0 heterocycles. The summed E-state index contributed by atoms with van der Waals surface area (Å²) in [7, 11) is 1.88. The minimum absolute atomic E-state index is 0.0646. The lowest BCUT2D eigenvalue weighted by Crippen LogP contribution is -2.09. The highest BCUT2D eigenvalue weighted by molar-refractivity contribution is 5.88. The zero-order valence-corrected chi connectivity index (χ0v) is 11.9. The summed E-state index contributed by atoms with van der Waals surface area (Å²) in [4.78, 5) is 10.9. The molecule has 1 amide bonds. The van der Waals surface area contributed by atoms with Crippen molar-refractivity contribution in [3.63, 3.8) is 0 Å². The molecule has 1 aromatic rings. The summed E-state index contributed by atoms with van der Waals surface area (Å²) in [6.07, 6.45) is 0.864. The fourth-order valence-corrected chi connectivity index (χ4v) is 1.85. The Bertz CT molecular complexity index is 474. The number of carbonyl (C=O) groups is 1. The number of hydrogen-bond donors (Lipinski definition) is 2. The summed E-state index contributed by atoms with van der Waals surface area (Å²) in [6, 6.07) is 7.74. The normalized spacial score (nSPS) is 11.5. The smallest absolute Gasteiger partial charge is 0.221 e. The second kappa shape index (κ2) is 6.78. The van der Waals surface area contributed by atoms with Crippen molar-refractivity contribution in [2.75, 3.05) is 12.4 Å². The van der Waals surface area contributed by atoms with Gasteiger partial charge < -0.3 is 10.6 Å². The van der Waals surface area contributed by atoms with E-state index in [1.165, 1.54) is 6.92 Å². The van der Waals surface area contributed by atoms with Crippen LogP contribution in [0.25, 0.3) is 5.57 Å². The molecule has 102 valence electrons. The number of allylic oxidation sites excluding steroid dienone is 2. The molecule has 2 N–H and O–H groups in total. The number of rotatable bonds is 6. The van der Waals surface area contributed by atoms with Crippen LogP contribution in [0.1, 0.15) is 25.8 Å². The minimum Gasteiger partial charge on any atom is -0.392 e. The van der Waals surface area contributed by atoms with Gasteiger partial charge in [0.2, 0.25) is 5.91 Å². The quantitative estimate of drug-likeness (QED) is 0.821. The maximum absolute atomic E-state index is 10.9. The van der Waals surface area contributed by atoms with Crippen LogP contribution in [0.2, 0.25) is 0 Å². The molecule has 0 spiro atoms. The molecule has 1 aromatic carbocycles. The Morgan fingerprint density at radius 3 is 2.32 bits per heavy atom. The maximum atomic E-state index is 10.9. The first kappa shape index (κ1) is 15.0. The van der Waals surface area contributed by atoms with Crippen molar-refractivity contribution >= 4 is 17.2 Å². The van der Waals surface area contributed by atoms with Crippen molar-refractivity contribution in [3.05, 3.63) is 48.7 Å². The average Bonchev–Trinajstić information content (AvgIpc) is 2.37. The molecule has 1 rings (SSSR count). The Balaban J connectivity index is 2.72. The number of benzene rings is 1. The van der Waals surface area contributed by atoms with E-state index in [9.17, 15) is 4.79 Å². The van der Waals surface area contributed by atoms with E-state index in [0.29, 0.717) is 5.92 Å². The highest BCUT2D eigenvalue weighted by Gasteiger charge is 2.10. The van der Waals surface area contributed by atoms with Gasteiger partial charge in [0.25, 0.3) is 0 Å². The molecule has 3 heteroatoms. The molecule has 0 bridgehead atoms. The van der Waals surface area contributed by atoms with E-state index < -0.39 is 0 Å². The van der Waals surface area contributed by atoms with Crippen LogP contribution in [0.3, 0.4) is 0 Å². The van der Waals surface area contributed by atoms with Crippen LogP contribution in [0.5, 0.6) is 0 Å². The third-order valence-electron chi connectivity index (χ3n) is 3.08. The van der Waals surface area contributed by atoms with E-state index >= 15 is 0 Å². The van der Waals surface area contributed by atoms with Crippen LogP contribution in [-0.4, -0.2) is 13.0 Å². The fraction of sp³-hybridized carbons (Fsp3) is 0.312. The van der Waals surface area contributed by atoms with Gasteiger partial charge in [-0.05, 0) is 35.6 Å². The largest absolute Gasteiger partial charge is 0.392 e. The van der Waals surface area contributed by atoms with Gasteiger partial charge in [-0.3, -0.25) is 4.79 Å². The van der Waals surface area contributed by atoms with Gasteiger partial charge in [0, 0.05) is 25.4 Å². The predicted octanol–water partition coefficient (Wildman–Crippen LogP) is 3.42. The van der Waals surface area contributed by atoms with Crippen LogP contribution < -0.4 is 10.6 Å². The number of amides is 1. The maximum Gasteiger partial charge on any atom is 0.221 e. The Labute approximate surface area is 115 Å². The van der Waals surface area contributed by atoms with E-state index in [4.69, 9.17) is 0 Å². The second-order valence-corrected chi connectivity index (χ2v) is 4.74. The Morgan fingerprint density at radius 1 is 1.26 bits per heavy atom. The summed E-state index contributed by atoms with van der Waals surface area (Å²) in [5.41, 5.74) is 3.97. The molecule has 0 aliphatic rings. The molecule has 0 saturated heterocycles. The van der Waals surface area contributed by atoms with E-state index in [1.807, 2.05) is 31.3 Å². The number of hydrogen-bond acceptors (Lipinski definition) is 2. The number of anilines is 1. The first-order chi connectivity index (χ1) is 8.93. The molecular formula is C16H22N2O. The highest BCUT2D eigenvalue weighted by Crippen LogP contribution is 2.26. The molecule has 0 unspecified atom stereocenters. The average molecular weight is 258 g/mol. The van der Waals surface area contributed by atoms with Crippen LogP contribution in [0, 0.1) is 5.92 Å². The lowest BCUT2D eigenvalue weighted by Gasteiger charge is -2.16. The van der Waals surface area contributed by atoms with Crippen molar-refractivity contribution in [3.8, 4) is 0 Å². The van der Waals surface area contributed by atoms with Crippen LogP contribution >= 0.6 is 0 Å². The van der Waals surface area contributed by atoms with Gasteiger partial charge in [0.05, 0.1) is 0 Å². The molecule has 0 saturated carbocycles. The van der Waals surface area contributed by atoms with E-state index in [2.05, 4.69) is 30.7 Å². The summed E-state index contributed by atoms with van der Waals surface area (Å²) < 4.78 is 0. The van der Waals surface area contributed by atoms with Crippen molar-refractivity contribution in [2.24, 2.45) is 5.92 Å². The van der Waals surface area contributed by atoms with E-state index in [0.717, 1.165) is 28.9 Å². The van der Waals surface area contributed by atoms with Crippen LogP contribution in [-0.2, 0) is 4.79 Å². The van der Waals surface area contributed by atoms with Crippen molar-refractivity contribution < 1.29 is 4.79 Å². The van der Waals surface area contributed by atoms with Gasteiger partial charge >= 0.3 is 0 Å². The SMILES string of the molecule is C=C(C[C@@H](C)C(=C)c1ccc(NC(C)=O)cc1)NC. The second-order valence-electron chi connectivity index (χ2n) is 4.74. The lowest BCUT2D eigenvalue weighted by atomic mass is 9.92. The molecule has 0 aliphatic heterocycles. The molecule has 3 nitrogen and oxygen atoms in total. The summed E-state index contributed by atoms with van der Waals surface area (Å²) in [6.45, 7) is 11.7. The summed E-state index contributed by atoms with van der Waals surface area (Å²) in [5.74, 6) is 0.261. The van der Waals surface area contributed by atoms with Crippen LogP contribution in [0.4, 0.5) is 5.69 Å². The van der Waals surface area contributed by atoms with Crippen molar-refractivity contribution in [1.82, 2.24) is 5.32 Å². The zero-order valence-electron chi connectivity index (χ0n) is 11.9. The first-order valence-corrected chi connectivity index (χ1v) is 6.36. The van der Waals surface area contributed by atoms with Gasteiger partial charge in [-0.1, -0.05) is 32.2 Å². The van der Waals surface area contributed by atoms with Gasteiger partial charge in [-0.2, -0.15) is 0 Å². The number of nitrogens with one attached hydrogen (secondary N) is 2. The molecule has 0 aliphatic carbocycles. The third kappa shape index (κ3) is 4.62. The Kier molecular flexibility index (Phi) is 5.37. The molecule has 19 heavy (non-hydrogen) atoms. The van der Waals surface area contributed by atoms with E-state index in [-0.39, 0.29) is 5.91 Å². The fourth-order valence-electron chi connectivity index (χ4n) is 1.85. The van der Waals surface area contributed by atoms with Gasteiger partial charge in [0.1, 0.15) is 0 Å². The van der Waals surface area contributed by atoms with Crippen molar-refractivity contribution in [2.45, 2.75) is 20.3 Å². The molecule has 0 fully saturated rings. The summed E-state index contributed by atoms with van der Waals surface area (Å²) in [5, 5.41) is 5.80. The standard InChI is InChI=1S/C16H22N2O/c1-11(10-12(2)17-5)13(3)15-6-8-16(9-7-15)18-14(4)19/h6-9,11,17H,2-3,10H2,1,4-5H3,(H,18,19)/t11-/m1/s1. The van der Waals surface area contributed by atoms with Gasteiger partial charge in [0.15, 0.2) is 0 Å². The predicted molar refractivity (Wildman–Crippen MR) is 81.8 cm³/mol. The topological polar surface area (TPSA) is 41.1 Å². The molecule has 0 aromatic heterocycles. The monoisotopic (exact) mass is 258 g/mol. The van der Waals surface area contributed by atoms with Crippen LogP contribution in [0.15, 0.2) is 43.1 Å². The zero-order chi connectivity index (χ0) is 14.4.